The van der Waals surface area contributed by atoms with Crippen LogP contribution in [0.2, 0.25) is 0 Å². The Kier molecular flexibility index (Phi) is 39.6. The van der Waals surface area contributed by atoms with E-state index in [0.717, 1.165) is 22.1 Å². The number of nitrogens with zero attached hydrogens (tertiary/aromatic N) is 2. The molecule has 5 heteroatoms. The van der Waals surface area contributed by atoms with Gasteiger partial charge in [-0.15, -0.1) is 0 Å². The van der Waals surface area contributed by atoms with Crippen molar-refractivity contribution in [2.45, 2.75) is 181 Å². The van der Waals surface area contributed by atoms with Crippen molar-refractivity contribution in [1.29, 1.82) is 0 Å². The smallest absolute Gasteiger partial charge is 0.104 e. The van der Waals surface area contributed by atoms with Crippen molar-refractivity contribution in [3.05, 3.63) is 71.8 Å². The predicted molar refractivity (Wildman–Crippen MR) is 220 cm³/mol. The van der Waals surface area contributed by atoms with Crippen LogP contribution in [-0.4, -0.2) is 55.7 Å². The second-order valence-electron chi connectivity index (χ2n) is 16.4. The third-order valence-electron chi connectivity index (χ3n) is 10.1. The monoisotopic (exact) mass is 753 g/mol. The highest BCUT2D eigenvalue weighted by Crippen LogP contribution is 2.16. The van der Waals surface area contributed by atoms with Crippen LogP contribution in [0.25, 0.3) is 0 Å². The maximum Gasteiger partial charge on any atom is 0.104 e. The Morgan fingerprint density at radius 2 is 0.549 bits per heavy atom. The quantitative estimate of drug-likeness (QED) is 0.0602. The van der Waals surface area contributed by atoms with Crippen LogP contribution in [-0.2, 0) is 13.1 Å². The molecule has 0 atom stereocenters. The Labute approximate surface area is 332 Å². The minimum atomic E-state index is 0. The fourth-order valence-electron chi connectivity index (χ4n) is 7.08. The molecule has 3 nitrogen and oxygen atoms in total. The Morgan fingerprint density at radius 1 is 0.333 bits per heavy atom. The van der Waals surface area contributed by atoms with E-state index in [0.29, 0.717) is 0 Å². The molecule has 0 heterocycles. The molecular weight excluding hydrogens is 667 g/mol. The predicted octanol–water partition coefficient (Wildman–Crippen LogP) is 7.11. The highest BCUT2D eigenvalue weighted by Gasteiger charge is 2.16. The summed E-state index contributed by atoms with van der Waals surface area (Å²) in [6, 6.07) is 21.8. The molecule has 0 aliphatic heterocycles. The molecule has 51 heavy (non-hydrogen) atoms. The lowest BCUT2D eigenvalue weighted by molar-refractivity contribution is -0.903. The lowest BCUT2D eigenvalue weighted by Gasteiger charge is -2.30. The van der Waals surface area contributed by atoms with E-state index < -0.39 is 0 Å². The van der Waals surface area contributed by atoms with E-state index in [1.807, 2.05) is 0 Å². The topological polar surface area (TPSA) is 31.5 Å². The molecule has 0 bridgehead atoms. The average Bonchev–Trinajstić information content (AvgIpc) is 3.06. The zero-order valence-corrected chi connectivity index (χ0v) is 36.2. The Balaban J connectivity index is -0.000000853. The van der Waals surface area contributed by atoms with Gasteiger partial charge in [-0.25, -0.2) is 0 Å². The van der Waals surface area contributed by atoms with Gasteiger partial charge in [0.25, 0.3) is 0 Å². The minimum Gasteiger partial charge on any atom is -1.00 e. The van der Waals surface area contributed by atoms with Gasteiger partial charge in [0.1, 0.15) is 13.1 Å². The van der Waals surface area contributed by atoms with Crippen molar-refractivity contribution in [1.82, 2.24) is 0 Å². The molecule has 2 aromatic rings. The van der Waals surface area contributed by atoms with Crippen LogP contribution in [0.4, 0.5) is 0 Å². The van der Waals surface area contributed by atoms with E-state index in [1.165, 1.54) is 178 Å². The van der Waals surface area contributed by atoms with Crippen LogP contribution in [0.3, 0.4) is 0 Å². The summed E-state index contributed by atoms with van der Waals surface area (Å²) in [6.45, 7) is 9.49. The summed E-state index contributed by atoms with van der Waals surface area (Å²) < 4.78 is 2.23. The fraction of sp³-hybridized carbons (Fsp3) is 0.739. The summed E-state index contributed by atoms with van der Waals surface area (Å²) in [5, 5.41) is 0. The van der Waals surface area contributed by atoms with Gasteiger partial charge in [0, 0.05) is 11.1 Å². The van der Waals surface area contributed by atoms with Gasteiger partial charge in [-0.1, -0.05) is 203 Å². The van der Waals surface area contributed by atoms with Gasteiger partial charge in [-0.3, -0.25) is 0 Å². The molecule has 0 aromatic heterocycles. The van der Waals surface area contributed by atoms with Gasteiger partial charge in [0.05, 0.1) is 41.3 Å². The number of halogens is 2. The first-order valence-electron chi connectivity index (χ1n) is 21.0. The van der Waals surface area contributed by atoms with Gasteiger partial charge in [0.2, 0.25) is 0 Å². The zero-order chi connectivity index (χ0) is 35.0. The van der Waals surface area contributed by atoms with Crippen molar-refractivity contribution in [3.8, 4) is 0 Å². The van der Waals surface area contributed by atoms with Gasteiger partial charge in [-0.2, -0.15) is 0 Å². The molecule has 2 rings (SSSR count). The Bertz CT molecular complexity index is 861. The van der Waals surface area contributed by atoms with Crippen LogP contribution in [0.15, 0.2) is 60.7 Å². The number of hydrogen-bond donors (Lipinski definition) is 0. The van der Waals surface area contributed by atoms with E-state index in [1.54, 1.807) is 0 Å². The molecule has 2 aromatic carbocycles. The molecule has 0 saturated heterocycles. The summed E-state index contributed by atoms with van der Waals surface area (Å²) >= 11 is 0. The summed E-state index contributed by atoms with van der Waals surface area (Å²) in [5.41, 5.74) is 2.92. The molecule has 0 aliphatic rings. The molecule has 0 radical (unpaired) electrons. The standard InChI is InChI=1S/2C23H42N.2ClH.H2O/c2*1-4-5-6-7-8-9-10-11-12-13-14-18-21-24(2,3)22-23-19-16-15-17-20-23;;;/h2*15-17,19-20H,4-14,18,21-22H2,1-3H3;2*1H;1H2/q2*+1;;;/p-2. The van der Waals surface area contributed by atoms with Gasteiger partial charge in [-0.05, 0) is 25.7 Å². The van der Waals surface area contributed by atoms with E-state index >= 15 is 0 Å². The SMILES string of the molecule is CCCCCCCCCCCCCC[N+](C)(C)Cc1ccccc1.CCCCCCCCCCCCCC[N+](C)(C)Cc1ccccc1.O.[Cl-].[Cl-]. The highest BCUT2D eigenvalue weighted by molar-refractivity contribution is 5.14. The van der Waals surface area contributed by atoms with Crippen LogP contribution in [0.5, 0.6) is 0 Å². The van der Waals surface area contributed by atoms with E-state index in [9.17, 15) is 0 Å². The summed E-state index contributed by atoms with van der Waals surface area (Å²) in [7, 11) is 9.47. The van der Waals surface area contributed by atoms with Crippen molar-refractivity contribution in [3.63, 3.8) is 0 Å². The number of hydrogen-bond acceptors (Lipinski definition) is 0. The third kappa shape index (κ3) is 35.7. The van der Waals surface area contributed by atoms with Crippen LogP contribution in [0, 0.1) is 0 Å². The Morgan fingerprint density at radius 3 is 0.784 bits per heavy atom. The van der Waals surface area contributed by atoms with Crippen LogP contribution >= 0.6 is 0 Å². The normalized spacial score (nSPS) is 11.1. The first kappa shape index (κ1) is 54.2. The highest BCUT2D eigenvalue weighted by atomic mass is 35.5. The minimum absolute atomic E-state index is 0. The van der Waals surface area contributed by atoms with Gasteiger partial charge < -0.3 is 39.3 Å². The maximum absolute atomic E-state index is 2.37. The fourth-order valence-corrected chi connectivity index (χ4v) is 7.08. The lowest BCUT2D eigenvalue weighted by atomic mass is 10.1. The van der Waals surface area contributed by atoms with E-state index in [4.69, 9.17) is 0 Å². The molecule has 0 saturated carbocycles. The van der Waals surface area contributed by atoms with Crippen molar-refractivity contribution >= 4 is 0 Å². The summed E-state index contributed by atoms with van der Waals surface area (Å²) in [5.74, 6) is 0. The van der Waals surface area contributed by atoms with E-state index in [-0.39, 0.29) is 30.3 Å². The maximum atomic E-state index is 2.37. The van der Waals surface area contributed by atoms with Crippen molar-refractivity contribution in [2.24, 2.45) is 0 Å². The first-order chi connectivity index (χ1) is 23.3. The van der Waals surface area contributed by atoms with Gasteiger partial charge in [0.15, 0.2) is 0 Å². The molecule has 2 N–H and O–H groups in total. The number of rotatable bonds is 30. The molecule has 300 valence electrons. The second-order valence-corrected chi connectivity index (χ2v) is 16.4. The second kappa shape index (κ2) is 37.2. The van der Waals surface area contributed by atoms with Gasteiger partial charge >= 0.3 is 0 Å². The number of unbranched alkanes of at least 4 members (excludes halogenated alkanes) is 22. The molecule has 0 fully saturated rings. The Hall–Kier alpha value is -1.10. The average molecular weight is 754 g/mol. The molecule has 0 aliphatic carbocycles. The molecular formula is C46H86Cl2N2O. The zero-order valence-electron chi connectivity index (χ0n) is 34.7. The van der Waals surface area contributed by atoms with Crippen LogP contribution < -0.4 is 24.8 Å². The number of benzene rings is 2. The first-order valence-corrected chi connectivity index (χ1v) is 21.0. The summed E-state index contributed by atoms with van der Waals surface area (Å²) in [4.78, 5) is 0. The van der Waals surface area contributed by atoms with Crippen LogP contribution in [0.1, 0.15) is 179 Å². The van der Waals surface area contributed by atoms with E-state index in [2.05, 4.69) is 103 Å². The molecule has 0 amide bonds. The largest absolute Gasteiger partial charge is 1.00 e. The lowest BCUT2D eigenvalue weighted by Crippen LogP contribution is -3.00. The molecule has 0 unspecified atom stereocenters. The number of quaternary nitrogens is 2. The van der Waals surface area contributed by atoms with Crippen molar-refractivity contribution in [2.75, 3.05) is 41.3 Å². The summed E-state index contributed by atoms with van der Waals surface area (Å²) in [6.07, 6.45) is 34.4. The van der Waals surface area contributed by atoms with Crippen molar-refractivity contribution < 1.29 is 39.3 Å². The molecule has 0 spiro atoms. The third-order valence-corrected chi connectivity index (χ3v) is 10.1.